The Balaban J connectivity index is 2.34. The highest BCUT2D eigenvalue weighted by Gasteiger charge is 2.18. The van der Waals surface area contributed by atoms with Crippen LogP contribution in [0.1, 0.15) is 25.3 Å². The molecule has 0 bridgehead atoms. The minimum Gasteiger partial charge on any atom is -0.496 e. The lowest BCUT2D eigenvalue weighted by Gasteiger charge is -2.33. The highest BCUT2D eigenvalue weighted by Crippen LogP contribution is 2.33. The number of methoxy groups -OCH3 is 2. The second kappa shape index (κ2) is 7.31. The lowest BCUT2D eigenvalue weighted by atomic mass is 9.98. The van der Waals surface area contributed by atoms with Gasteiger partial charge in [-0.25, -0.2) is 0 Å². The third-order valence-electron chi connectivity index (χ3n) is 4.12. The molecule has 0 aromatic heterocycles. The quantitative estimate of drug-likeness (QED) is 0.817. The molecule has 0 spiro atoms. The maximum absolute atomic E-state index is 11.5. The van der Waals surface area contributed by atoms with Crippen molar-refractivity contribution in [2.24, 2.45) is 0 Å². The molecular formula is C17H23NO4. The van der Waals surface area contributed by atoms with Crippen molar-refractivity contribution in [2.45, 2.75) is 19.8 Å². The fourth-order valence-electron chi connectivity index (χ4n) is 2.50. The molecule has 0 atom stereocenters. The van der Waals surface area contributed by atoms with Gasteiger partial charge >= 0.3 is 5.97 Å². The van der Waals surface area contributed by atoms with Crippen LogP contribution >= 0.6 is 0 Å². The highest BCUT2D eigenvalue weighted by molar-refractivity contribution is 5.80. The number of allylic oxidation sites excluding steroid dienone is 1. The Kier molecular flexibility index (Phi) is 5.44. The van der Waals surface area contributed by atoms with Crippen LogP contribution in [-0.4, -0.2) is 45.0 Å². The Labute approximate surface area is 131 Å². The Bertz CT molecular complexity index is 576. The van der Waals surface area contributed by atoms with Crippen LogP contribution in [0.15, 0.2) is 23.8 Å². The first-order valence-electron chi connectivity index (χ1n) is 7.40. The van der Waals surface area contributed by atoms with Crippen molar-refractivity contribution in [2.75, 3.05) is 38.8 Å². The molecule has 1 saturated heterocycles. The molecule has 2 rings (SSSR count). The number of hydrogen-bond donors (Lipinski definition) is 1. The average molecular weight is 305 g/mol. The Morgan fingerprint density at radius 2 is 2.05 bits per heavy atom. The lowest BCUT2D eigenvalue weighted by molar-refractivity contribution is -0.139. The monoisotopic (exact) mass is 305 g/mol. The number of ether oxygens (including phenoxy) is 2. The number of hydrogen-bond acceptors (Lipinski definition) is 5. The number of carbonyl (C=O) groups is 1. The molecule has 22 heavy (non-hydrogen) atoms. The fourth-order valence-corrected chi connectivity index (χ4v) is 2.50. The second-order valence-electron chi connectivity index (χ2n) is 5.36. The summed E-state index contributed by atoms with van der Waals surface area (Å²) in [6, 6.07) is 6.04. The van der Waals surface area contributed by atoms with Gasteiger partial charge in [-0.1, -0.05) is 0 Å². The van der Waals surface area contributed by atoms with E-state index < -0.39 is 0 Å². The van der Waals surface area contributed by atoms with Crippen LogP contribution in [0, 0.1) is 0 Å². The normalized spacial score (nSPS) is 15.0. The van der Waals surface area contributed by atoms with Gasteiger partial charge in [0.05, 0.1) is 27.2 Å². The molecule has 5 heteroatoms. The Morgan fingerprint density at radius 1 is 1.32 bits per heavy atom. The molecule has 1 aliphatic heterocycles. The topological polar surface area (TPSA) is 59.0 Å². The van der Waals surface area contributed by atoms with Crippen molar-refractivity contribution in [1.29, 1.82) is 0 Å². The van der Waals surface area contributed by atoms with E-state index in [1.165, 1.54) is 13.5 Å². The van der Waals surface area contributed by atoms with Crippen LogP contribution in [0.3, 0.4) is 0 Å². The van der Waals surface area contributed by atoms with E-state index in [0.717, 1.165) is 35.7 Å². The molecule has 1 heterocycles. The molecule has 120 valence electrons. The molecule has 0 saturated carbocycles. The summed E-state index contributed by atoms with van der Waals surface area (Å²) in [6.07, 6.45) is 1.30. The lowest BCUT2D eigenvalue weighted by Crippen LogP contribution is -2.36. The van der Waals surface area contributed by atoms with Gasteiger partial charge in [-0.15, -0.1) is 0 Å². The minimum atomic E-state index is -0.362. The molecule has 1 aliphatic rings. The first kappa shape index (κ1) is 16.4. The zero-order valence-electron chi connectivity index (χ0n) is 13.4. The van der Waals surface area contributed by atoms with Gasteiger partial charge in [-0.2, -0.15) is 0 Å². The maximum Gasteiger partial charge on any atom is 0.309 e. The molecule has 0 amide bonds. The maximum atomic E-state index is 11.5. The summed E-state index contributed by atoms with van der Waals surface area (Å²) in [5.41, 5.74) is 3.51. The van der Waals surface area contributed by atoms with Crippen LogP contribution in [0.25, 0.3) is 5.57 Å². The number of carbonyl (C=O) groups excluding carboxylic acids is 1. The van der Waals surface area contributed by atoms with Crippen LogP contribution in [-0.2, 0) is 9.53 Å². The number of rotatable bonds is 6. The number of benzene rings is 1. The number of esters is 1. The molecule has 0 radical (unpaired) electrons. The van der Waals surface area contributed by atoms with Gasteiger partial charge in [0.1, 0.15) is 5.75 Å². The predicted octanol–water partition coefficient (Wildman–Crippen LogP) is 2.23. The fraction of sp³-hybridized carbons (Fsp3) is 0.471. The summed E-state index contributed by atoms with van der Waals surface area (Å²) in [5, 5.41) is 9.54. The van der Waals surface area contributed by atoms with Crippen LogP contribution in [0.4, 0.5) is 5.69 Å². The molecule has 1 N–H and O–H groups in total. The zero-order chi connectivity index (χ0) is 16.1. The number of anilines is 1. The predicted molar refractivity (Wildman–Crippen MR) is 86.1 cm³/mol. The second-order valence-corrected chi connectivity index (χ2v) is 5.36. The summed E-state index contributed by atoms with van der Waals surface area (Å²) >= 11 is 0. The van der Waals surface area contributed by atoms with Gasteiger partial charge in [-0.05, 0) is 36.6 Å². The van der Waals surface area contributed by atoms with E-state index in [2.05, 4.69) is 9.64 Å². The van der Waals surface area contributed by atoms with Crippen molar-refractivity contribution < 1.29 is 19.4 Å². The van der Waals surface area contributed by atoms with Gasteiger partial charge < -0.3 is 19.5 Å². The Hall–Kier alpha value is -2.01. The number of aliphatic hydroxyl groups excluding tert-OH is 1. The van der Waals surface area contributed by atoms with E-state index in [9.17, 15) is 9.90 Å². The van der Waals surface area contributed by atoms with Gasteiger partial charge in [0.2, 0.25) is 0 Å². The summed E-state index contributed by atoms with van der Waals surface area (Å²) in [4.78, 5) is 13.7. The molecule has 1 aromatic carbocycles. The van der Waals surface area contributed by atoms with Crippen molar-refractivity contribution in [1.82, 2.24) is 0 Å². The van der Waals surface area contributed by atoms with Gasteiger partial charge in [0, 0.05) is 30.4 Å². The van der Waals surface area contributed by atoms with E-state index in [1.54, 1.807) is 7.11 Å². The standard InChI is InChI=1S/C17H23NO4/c1-12(13(11-19)9-17(20)22-3)15-6-5-14(10-16(15)21-2)18-7-4-8-18/h5-6,10,19H,4,7-9,11H2,1-3H3/b13-12-. The summed E-state index contributed by atoms with van der Waals surface area (Å²) in [6.45, 7) is 3.84. The molecule has 1 fully saturated rings. The van der Waals surface area contributed by atoms with Crippen molar-refractivity contribution in [3.8, 4) is 5.75 Å². The highest BCUT2D eigenvalue weighted by atomic mass is 16.5. The average Bonchev–Trinajstić information content (AvgIpc) is 2.49. The smallest absolute Gasteiger partial charge is 0.309 e. The van der Waals surface area contributed by atoms with Gasteiger partial charge in [0.25, 0.3) is 0 Å². The van der Waals surface area contributed by atoms with E-state index in [1.807, 2.05) is 25.1 Å². The molecule has 0 aliphatic carbocycles. The largest absolute Gasteiger partial charge is 0.496 e. The molecule has 1 aromatic rings. The molecule has 0 unspecified atom stereocenters. The van der Waals surface area contributed by atoms with E-state index >= 15 is 0 Å². The van der Waals surface area contributed by atoms with E-state index in [0.29, 0.717) is 5.57 Å². The van der Waals surface area contributed by atoms with Crippen molar-refractivity contribution in [3.63, 3.8) is 0 Å². The summed E-state index contributed by atoms with van der Waals surface area (Å²) in [5.74, 6) is 0.386. The summed E-state index contributed by atoms with van der Waals surface area (Å²) < 4.78 is 10.2. The van der Waals surface area contributed by atoms with Crippen molar-refractivity contribution in [3.05, 3.63) is 29.3 Å². The third-order valence-corrected chi connectivity index (χ3v) is 4.12. The van der Waals surface area contributed by atoms with Crippen LogP contribution in [0.2, 0.25) is 0 Å². The summed E-state index contributed by atoms with van der Waals surface area (Å²) in [7, 11) is 2.97. The zero-order valence-corrected chi connectivity index (χ0v) is 13.4. The third kappa shape index (κ3) is 3.42. The SMILES string of the molecule is COC(=O)C/C(CO)=C(\C)c1ccc(N2CCC2)cc1OC. The number of aliphatic hydroxyl groups is 1. The molecule has 5 nitrogen and oxygen atoms in total. The van der Waals surface area contributed by atoms with Gasteiger partial charge in [0.15, 0.2) is 0 Å². The molecular weight excluding hydrogens is 282 g/mol. The van der Waals surface area contributed by atoms with Gasteiger partial charge in [-0.3, -0.25) is 4.79 Å². The van der Waals surface area contributed by atoms with E-state index in [-0.39, 0.29) is 19.0 Å². The number of nitrogens with zero attached hydrogens (tertiary/aromatic N) is 1. The minimum absolute atomic E-state index is 0.0792. The van der Waals surface area contributed by atoms with Crippen LogP contribution in [0.5, 0.6) is 5.75 Å². The van der Waals surface area contributed by atoms with Crippen LogP contribution < -0.4 is 9.64 Å². The van der Waals surface area contributed by atoms with E-state index in [4.69, 9.17) is 4.74 Å². The first-order chi connectivity index (χ1) is 10.6. The Morgan fingerprint density at radius 3 is 2.55 bits per heavy atom. The first-order valence-corrected chi connectivity index (χ1v) is 7.40. The van der Waals surface area contributed by atoms with Crippen molar-refractivity contribution >= 4 is 17.2 Å².